The first-order chi connectivity index (χ1) is 6.36. The standard InChI is InChI=1S/C10H11N2O/c13-10-6-7-11-12(10)8-9-4-2-1-3-5-9/h1-5,8,11H,6-7H2/q+1/b12-8+. The van der Waals surface area contributed by atoms with Crippen LogP contribution in [-0.2, 0) is 4.79 Å². The first-order valence-corrected chi connectivity index (χ1v) is 4.32. The fourth-order valence-electron chi connectivity index (χ4n) is 1.30. The van der Waals surface area contributed by atoms with Crippen molar-refractivity contribution in [1.29, 1.82) is 0 Å². The van der Waals surface area contributed by atoms with E-state index in [1.54, 1.807) is 4.68 Å². The second-order valence-corrected chi connectivity index (χ2v) is 2.96. The molecule has 0 bridgehead atoms. The molecule has 0 radical (unpaired) electrons. The van der Waals surface area contributed by atoms with Crippen molar-refractivity contribution in [2.75, 3.05) is 6.54 Å². The molecule has 1 saturated heterocycles. The summed E-state index contributed by atoms with van der Waals surface area (Å²) in [5.74, 6) is 0.129. The summed E-state index contributed by atoms with van der Waals surface area (Å²) in [6.45, 7) is 0.738. The molecule has 0 saturated carbocycles. The molecular formula is C10H11N2O+. The minimum absolute atomic E-state index is 0.129. The number of hydrogen-bond donors (Lipinski definition) is 1. The molecular weight excluding hydrogens is 164 g/mol. The molecule has 1 aromatic rings. The third kappa shape index (κ3) is 1.75. The van der Waals surface area contributed by atoms with Gasteiger partial charge in [-0.1, -0.05) is 22.9 Å². The Balaban J connectivity index is 2.25. The lowest BCUT2D eigenvalue weighted by molar-refractivity contribution is -0.487. The Morgan fingerprint density at radius 2 is 2.08 bits per heavy atom. The van der Waals surface area contributed by atoms with Crippen LogP contribution in [0.5, 0.6) is 0 Å². The minimum Gasteiger partial charge on any atom is -0.217 e. The molecule has 1 aliphatic rings. The van der Waals surface area contributed by atoms with Crippen LogP contribution in [0, 0.1) is 0 Å². The number of hydrogen-bond acceptors (Lipinski definition) is 2. The molecule has 1 aliphatic heterocycles. The molecule has 0 atom stereocenters. The van der Waals surface area contributed by atoms with Gasteiger partial charge in [-0.05, 0) is 12.1 Å². The van der Waals surface area contributed by atoms with Crippen LogP contribution >= 0.6 is 0 Å². The second-order valence-electron chi connectivity index (χ2n) is 2.96. The quantitative estimate of drug-likeness (QED) is 0.632. The first kappa shape index (κ1) is 7.98. The van der Waals surface area contributed by atoms with Gasteiger partial charge in [0.15, 0.2) is 0 Å². The summed E-state index contributed by atoms with van der Waals surface area (Å²) in [6, 6.07) is 9.79. The Bertz CT molecular complexity index is 343. The molecule has 66 valence electrons. The van der Waals surface area contributed by atoms with E-state index in [1.807, 2.05) is 36.5 Å². The zero-order valence-electron chi connectivity index (χ0n) is 7.23. The molecule has 13 heavy (non-hydrogen) atoms. The topological polar surface area (TPSA) is 32.1 Å². The van der Waals surface area contributed by atoms with E-state index in [0.717, 1.165) is 12.1 Å². The summed E-state index contributed by atoms with van der Waals surface area (Å²) in [4.78, 5) is 11.2. The number of amides is 1. The number of rotatable bonds is 1. The largest absolute Gasteiger partial charge is 0.416 e. The van der Waals surface area contributed by atoms with E-state index in [1.165, 1.54) is 0 Å². The summed E-state index contributed by atoms with van der Waals surface area (Å²) in [6.07, 6.45) is 2.40. The van der Waals surface area contributed by atoms with Crippen molar-refractivity contribution < 1.29 is 9.48 Å². The molecule has 3 nitrogen and oxygen atoms in total. The van der Waals surface area contributed by atoms with E-state index >= 15 is 0 Å². The molecule has 1 heterocycles. The summed E-state index contributed by atoms with van der Waals surface area (Å²) in [5, 5.41) is 0. The molecule has 1 aromatic carbocycles. The highest BCUT2D eigenvalue weighted by molar-refractivity contribution is 5.82. The van der Waals surface area contributed by atoms with Gasteiger partial charge in [-0.3, -0.25) is 0 Å². The summed E-state index contributed by atoms with van der Waals surface area (Å²) in [7, 11) is 0. The monoisotopic (exact) mass is 175 g/mol. The van der Waals surface area contributed by atoms with Gasteiger partial charge in [0, 0.05) is 5.56 Å². The van der Waals surface area contributed by atoms with Gasteiger partial charge < -0.3 is 0 Å². The molecule has 0 spiro atoms. The fraction of sp³-hybridized carbons (Fsp3) is 0.200. The molecule has 1 N–H and O–H groups in total. The van der Waals surface area contributed by atoms with Crippen molar-refractivity contribution in [3.63, 3.8) is 0 Å². The van der Waals surface area contributed by atoms with Crippen LogP contribution in [0.4, 0.5) is 0 Å². The maximum Gasteiger partial charge on any atom is 0.416 e. The average molecular weight is 175 g/mol. The lowest BCUT2D eigenvalue weighted by Crippen LogP contribution is -2.24. The first-order valence-electron chi connectivity index (χ1n) is 4.32. The zero-order chi connectivity index (χ0) is 9.10. The van der Waals surface area contributed by atoms with E-state index in [9.17, 15) is 4.79 Å². The van der Waals surface area contributed by atoms with Gasteiger partial charge >= 0.3 is 5.91 Å². The third-order valence-electron chi connectivity index (χ3n) is 1.97. The number of nitrogens with one attached hydrogen (secondary N) is 1. The highest BCUT2D eigenvalue weighted by Gasteiger charge is 2.24. The van der Waals surface area contributed by atoms with Crippen LogP contribution in [0.2, 0.25) is 0 Å². The van der Waals surface area contributed by atoms with Crippen LogP contribution in [0.15, 0.2) is 30.3 Å². The maximum atomic E-state index is 11.2. The molecule has 0 aliphatic carbocycles. The van der Waals surface area contributed by atoms with Gasteiger partial charge in [-0.25, -0.2) is 4.79 Å². The Kier molecular flexibility index (Phi) is 2.08. The molecule has 0 unspecified atom stereocenters. The Labute approximate surface area is 76.7 Å². The fourth-order valence-corrected chi connectivity index (χ4v) is 1.30. The Hall–Kier alpha value is -1.64. The van der Waals surface area contributed by atoms with E-state index in [-0.39, 0.29) is 5.91 Å². The van der Waals surface area contributed by atoms with Gasteiger partial charge in [0.1, 0.15) is 0 Å². The van der Waals surface area contributed by atoms with Gasteiger partial charge in [0.05, 0.1) is 13.0 Å². The summed E-state index contributed by atoms with van der Waals surface area (Å²) in [5.41, 5.74) is 4.02. The van der Waals surface area contributed by atoms with E-state index in [0.29, 0.717) is 6.42 Å². The SMILES string of the molecule is O=C1CCN/[N+]1=C/c1ccccc1. The van der Waals surface area contributed by atoms with Gasteiger partial charge in [0.25, 0.3) is 0 Å². The third-order valence-corrected chi connectivity index (χ3v) is 1.97. The van der Waals surface area contributed by atoms with Crippen LogP contribution in [0.3, 0.4) is 0 Å². The highest BCUT2D eigenvalue weighted by atomic mass is 16.2. The summed E-state index contributed by atoms with van der Waals surface area (Å²) >= 11 is 0. The highest BCUT2D eigenvalue weighted by Crippen LogP contribution is 1.96. The molecule has 1 fully saturated rings. The van der Waals surface area contributed by atoms with Gasteiger partial charge in [0.2, 0.25) is 6.21 Å². The molecule has 2 rings (SSSR count). The van der Waals surface area contributed by atoms with Gasteiger partial charge in [-0.15, -0.1) is 0 Å². The molecule has 1 amide bonds. The van der Waals surface area contributed by atoms with Crippen molar-refractivity contribution in [1.82, 2.24) is 5.43 Å². The van der Waals surface area contributed by atoms with Crippen molar-refractivity contribution >= 4 is 12.1 Å². The maximum absolute atomic E-state index is 11.2. The number of benzene rings is 1. The van der Waals surface area contributed by atoms with Crippen LogP contribution < -0.4 is 5.43 Å². The van der Waals surface area contributed by atoms with Crippen molar-refractivity contribution in [3.8, 4) is 0 Å². The minimum atomic E-state index is 0.129. The van der Waals surface area contributed by atoms with E-state index in [2.05, 4.69) is 5.43 Å². The number of hydrazone groups is 1. The summed E-state index contributed by atoms with van der Waals surface area (Å²) < 4.78 is 1.55. The second kappa shape index (κ2) is 3.39. The lowest BCUT2D eigenvalue weighted by atomic mass is 10.2. The molecule has 0 aromatic heterocycles. The van der Waals surface area contributed by atoms with Crippen LogP contribution in [-0.4, -0.2) is 23.4 Å². The number of carbonyl (C=O) groups excluding carboxylic acids is 1. The van der Waals surface area contributed by atoms with E-state index < -0.39 is 0 Å². The number of carbonyl (C=O) groups is 1. The van der Waals surface area contributed by atoms with Crippen molar-refractivity contribution in [3.05, 3.63) is 35.9 Å². The average Bonchev–Trinajstić information content (AvgIpc) is 2.54. The predicted octanol–water partition coefficient (Wildman–Crippen LogP) is 0.553. The van der Waals surface area contributed by atoms with Crippen molar-refractivity contribution in [2.24, 2.45) is 0 Å². The zero-order valence-corrected chi connectivity index (χ0v) is 7.23. The predicted molar refractivity (Wildman–Crippen MR) is 49.5 cm³/mol. The number of nitrogens with zero attached hydrogens (tertiary/aromatic N) is 1. The smallest absolute Gasteiger partial charge is 0.217 e. The normalized spacial score (nSPS) is 19.1. The van der Waals surface area contributed by atoms with E-state index in [4.69, 9.17) is 0 Å². The number of hydrazine groups is 1. The van der Waals surface area contributed by atoms with Gasteiger partial charge in [-0.2, -0.15) is 5.43 Å². The Morgan fingerprint density at radius 1 is 1.31 bits per heavy atom. The lowest BCUT2D eigenvalue weighted by Gasteiger charge is -1.90. The van der Waals surface area contributed by atoms with Crippen LogP contribution in [0.25, 0.3) is 0 Å². The van der Waals surface area contributed by atoms with Crippen LogP contribution in [0.1, 0.15) is 12.0 Å². The van der Waals surface area contributed by atoms with Crippen molar-refractivity contribution in [2.45, 2.75) is 6.42 Å². The Morgan fingerprint density at radius 3 is 2.69 bits per heavy atom. The molecule has 3 heteroatoms.